The summed E-state index contributed by atoms with van der Waals surface area (Å²) >= 11 is 3.45. The quantitative estimate of drug-likeness (QED) is 0.517. The molecule has 0 atom stereocenters. The second-order valence-corrected chi connectivity index (χ2v) is 6.04. The van der Waals surface area contributed by atoms with Crippen molar-refractivity contribution >= 4 is 28.5 Å². The molecule has 18 heavy (non-hydrogen) atoms. The largest absolute Gasteiger partial charge is 0.288 e. The Labute approximate surface area is 117 Å². The second-order valence-electron chi connectivity index (χ2n) is 3.53. The molecule has 2 aromatic heterocycles. The van der Waals surface area contributed by atoms with Crippen LogP contribution in [0.1, 0.15) is 53.4 Å². The first kappa shape index (κ1) is 15.1. The van der Waals surface area contributed by atoms with Crippen molar-refractivity contribution < 1.29 is 4.79 Å². The van der Waals surface area contributed by atoms with Crippen LogP contribution in [0.4, 0.5) is 0 Å². The molecule has 0 unspecified atom stereocenters. The van der Waals surface area contributed by atoms with Crippen LogP contribution in [-0.4, -0.2) is 5.78 Å². The Morgan fingerprint density at radius 2 is 1.11 bits per heavy atom. The minimum absolute atomic E-state index is 0.212. The van der Waals surface area contributed by atoms with E-state index in [0.717, 1.165) is 11.1 Å². The molecule has 1 aliphatic carbocycles. The summed E-state index contributed by atoms with van der Waals surface area (Å²) in [6.45, 7) is 12.1. The molecule has 0 aliphatic heterocycles. The van der Waals surface area contributed by atoms with E-state index >= 15 is 0 Å². The van der Waals surface area contributed by atoms with Crippen molar-refractivity contribution in [3.8, 4) is 9.75 Å². The molecule has 0 saturated carbocycles. The van der Waals surface area contributed by atoms with Crippen molar-refractivity contribution in [2.75, 3.05) is 0 Å². The van der Waals surface area contributed by atoms with Gasteiger partial charge in [0.2, 0.25) is 0 Å². The molecule has 1 nitrogen and oxygen atoms in total. The Hall–Kier alpha value is -0.930. The van der Waals surface area contributed by atoms with Gasteiger partial charge in [-0.05, 0) is 26.0 Å². The van der Waals surface area contributed by atoms with E-state index in [-0.39, 0.29) is 5.78 Å². The molecule has 2 heterocycles. The molecule has 0 bridgehead atoms. The first-order valence-electron chi connectivity index (χ1n) is 6.43. The molecule has 0 N–H and O–H groups in total. The summed E-state index contributed by atoms with van der Waals surface area (Å²) < 4.78 is 0. The van der Waals surface area contributed by atoms with Crippen LogP contribution in [0.3, 0.4) is 0 Å². The number of aryl methyl sites for hydroxylation is 2. The van der Waals surface area contributed by atoms with Gasteiger partial charge >= 0.3 is 0 Å². The van der Waals surface area contributed by atoms with Crippen LogP contribution < -0.4 is 0 Å². The number of fused-ring (bicyclic) bond motifs is 3. The molecular weight excluding hydrogens is 260 g/mol. The summed E-state index contributed by atoms with van der Waals surface area (Å²) in [6, 6.07) is 4.01. The fourth-order valence-electron chi connectivity index (χ4n) is 1.85. The topological polar surface area (TPSA) is 17.1 Å². The van der Waals surface area contributed by atoms with E-state index in [1.165, 1.54) is 19.5 Å². The molecule has 0 radical (unpaired) electrons. The highest BCUT2D eigenvalue weighted by Gasteiger charge is 2.30. The Kier molecular flexibility index (Phi) is 5.29. The van der Waals surface area contributed by atoms with Crippen molar-refractivity contribution in [2.45, 2.75) is 41.5 Å². The van der Waals surface area contributed by atoms with Gasteiger partial charge in [0.25, 0.3) is 0 Å². The molecule has 2 aromatic rings. The fraction of sp³-hybridized carbons (Fsp3) is 0.400. The first-order chi connectivity index (χ1) is 8.66. The highest BCUT2D eigenvalue weighted by molar-refractivity contribution is 7.23. The SMILES string of the molecule is CC.CC.Cc1cc2c(s1)-c1sc(C)cc1C2=O. The summed E-state index contributed by atoms with van der Waals surface area (Å²) in [7, 11) is 0. The summed E-state index contributed by atoms with van der Waals surface area (Å²) in [5, 5.41) is 0. The van der Waals surface area contributed by atoms with Gasteiger partial charge in [0.1, 0.15) is 0 Å². The molecule has 0 aromatic carbocycles. The van der Waals surface area contributed by atoms with Gasteiger partial charge in [0.15, 0.2) is 5.78 Å². The number of thiophene rings is 2. The Morgan fingerprint density at radius 1 is 0.778 bits per heavy atom. The number of carbonyl (C=O) groups is 1. The Bertz CT molecular complexity index is 499. The van der Waals surface area contributed by atoms with Gasteiger partial charge in [-0.25, -0.2) is 0 Å². The molecule has 98 valence electrons. The summed E-state index contributed by atoms with van der Waals surface area (Å²) in [4.78, 5) is 16.7. The maximum Gasteiger partial charge on any atom is 0.196 e. The Balaban J connectivity index is 0.000000371. The number of carbonyl (C=O) groups excluding carboxylic acids is 1. The van der Waals surface area contributed by atoms with Crippen LogP contribution in [0.5, 0.6) is 0 Å². The number of ketones is 1. The van der Waals surface area contributed by atoms with Crippen LogP contribution in [0, 0.1) is 13.8 Å². The van der Waals surface area contributed by atoms with Crippen LogP contribution in [-0.2, 0) is 0 Å². The van der Waals surface area contributed by atoms with E-state index in [1.807, 2.05) is 39.8 Å². The average Bonchev–Trinajstić information content (AvgIpc) is 3.01. The van der Waals surface area contributed by atoms with Gasteiger partial charge in [-0.3, -0.25) is 4.79 Å². The van der Waals surface area contributed by atoms with E-state index < -0.39 is 0 Å². The second kappa shape index (κ2) is 6.30. The van der Waals surface area contributed by atoms with Gasteiger partial charge in [-0.15, -0.1) is 22.7 Å². The van der Waals surface area contributed by atoms with Gasteiger partial charge in [-0.1, -0.05) is 27.7 Å². The minimum atomic E-state index is 0.212. The zero-order valence-electron chi connectivity index (χ0n) is 11.9. The fourth-order valence-corrected chi connectivity index (χ4v) is 4.02. The van der Waals surface area contributed by atoms with Crippen molar-refractivity contribution in [2.24, 2.45) is 0 Å². The van der Waals surface area contributed by atoms with Crippen LogP contribution in [0.2, 0.25) is 0 Å². The normalized spacial score (nSPS) is 10.9. The highest BCUT2D eigenvalue weighted by Crippen LogP contribution is 2.46. The first-order valence-corrected chi connectivity index (χ1v) is 8.06. The van der Waals surface area contributed by atoms with E-state index in [0.29, 0.717) is 0 Å². The molecular formula is C15H20OS2. The summed E-state index contributed by atoms with van der Waals surface area (Å²) in [5.74, 6) is 0.212. The van der Waals surface area contributed by atoms with E-state index in [2.05, 4.69) is 13.8 Å². The third-order valence-corrected chi connectivity index (χ3v) is 4.67. The van der Waals surface area contributed by atoms with Crippen molar-refractivity contribution in [1.82, 2.24) is 0 Å². The van der Waals surface area contributed by atoms with Crippen LogP contribution >= 0.6 is 22.7 Å². The number of hydrogen-bond acceptors (Lipinski definition) is 3. The van der Waals surface area contributed by atoms with Gasteiger partial charge in [-0.2, -0.15) is 0 Å². The van der Waals surface area contributed by atoms with Crippen LogP contribution in [0.25, 0.3) is 9.75 Å². The van der Waals surface area contributed by atoms with Gasteiger partial charge in [0.05, 0.1) is 9.75 Å². The third-order valence-electron chi connectivity index (χ3n) is 2.41. The molecule has 0 fully saturated rings. The maximum absolute atomic E-state index is 11.9. The molecule has 3 rings (SSSR count). The van der Waals surface area contributed by atoms with E-state index in [1.54, 1.807) is 22.7 Å². The smallest absolute Gasteiger partial charge is 0.196 e. The van der Waals surface area contributed by atoms with E-state index in [9.17, 15) is 4.79 Å². The Morgan fingerprint density at radius 3 is 1.44 bits per heavy atom. The van der Waals surface area contributed by atoms with Crippen molar-refractivity contribution in [1.29, 1.82) is 0 Å². The zero-order valence-corrected chi connectivity index (χ0v) is 13.5. The van der Waals surface area contributed by atoms with Crippen LogP contribution in [0.15, 0.2) is 12.1 Å². The highest BCUT2D eigenvalue weighted by atomic mass is 32.1. The molecule has 0 amide bonds. The lowest BCUT2D eigenvalue weighted by atomic mass is 10.2. The molecule has 1 aliphatic rings. The average molecular weight is 280 g/mol. The standard InChI is InChI=1S/C11H8OS2.2C2H6/c1-5-3-7-9(12)8-4-6(2)14-11(8)10(7)13-5;2*1-2/h3-4H,1-2H3;2*1-2H3. The third kappa shape index (κ3) is 2.43. The molecule has 0 saturated heterocycles. The number of rotatable bonds is 0. The lowest BCUT2D eigenvalue weighted by molar-refractivity contribution is 0.104. The maximum atomic E-state index is 11.9. The molecule has 3 heteroatoms. The van der Waals surface area contributed by atoms with Gasteiger partial charge < -0.3 is 0 Å². The number of hydrogen-bond donors (Lipinski definition) is 0. The predicted octanol–water partition coefficient (Wildman–Crippen LogP) is 5.69. The zero-order chi connectivity index (χ0) is 13.9. The van der Waals surface area contributed by atoms with Gasteiger partial charge in [0, 0.05) is 20.9 Å². The monoisotopic (exact) mass is 280 g/mol. The minimum Gasteiger partial charge on any atom is -0.288 e. The summed E-state index contributed by atoms with van der Waals surface area (Å²) in [6.07, 6.45) is 0. The lowest BCUT2D eigenvalue weighted by Gasteiger charge is -1.86. The van der Waals surface area contributed by atoms with Crippen molar-refractivity contribution in [3.63, 3.8) is 0 Å². The molecule has 0 spiro atoms. The van der Waals surface area contributed by atoms with Crippen molar-refractivity contribution in [3.05, 3.63) is 33.0 Å². The van der Waals surface area contributed by atoms with E-state index in [4.69, 9.17) is 0 Å². The predicted molar refractivity (Wildman–Crippen MR) is 83.2 cm³/mol. The summed E-state index contributed by atoms with van der Waals surface area (Å²) in [5.41, 5.74) is 1.82. The lowest BCUT2D eigenvalue weighted by Crippen LogP contribution is -1.91.